The number of aryl methyl sites for hydroxylation is 1. The Balaban J connectivity index is 2.37. The summed E-state index contributed by atoms with van der Waals surface area (Å²) in [5.74, 6) is -2.22. The molecule has 0 radical (unpaired) electrons. The molecular formula is C23H27FN2O4. The molecule has 2 N–H and O–H groups in total. The van der Waals surface area contributed by atoms with Crippen molar-refractivity contribution in [2.45, 2.75) is 34.1 Å². The van der Waals surface area contributed by atoms with Crippen molar-refractivity contribution in [2.75, 3.05) is 11.9 Å². The molecule has 0 aliphatic heterocycles. The normalized spacial score (nSPS) is 12.9. The maximum Gasteiger partial charge on any atom is 0.272 e. The van der Waals surface area contributed by atoms with Gasteiger partial charge in [0.15, 0.2) is 0 Å². The summed E-state index contributed by atoms with van der Waals surface area (Å²) in [6.45, 7) is 9.80. The third-order valence-electron chi connectivity index (χ3n) is 5.46. The highest BCUT2D eigenvalue weighted by atomic mass is 19.1. The van der Waals surface area contributed by atoms with E-state index in [-0.39, 0.29) is 30.1 Å². The Morgan fingerprint density at radius 1 is 1.27 bits per heavy atom. The summed E-state index contributed by atoms with van der Waals surface area (Å²) < 4.78 is 15.0. The Labute approximate surface area is 175 Å². The molecule has 2 rings (SSSR count). The van der Waals surface area contributed by atoms with Crippen molar-refractivity contribution < 1.29 is 23.9 Å². The topological polar surface area (TPSA) is 88.4 Å². The van der Waals surface area contributed by atoms with Gasteiger partial charge < -0.3 is 15.0 Å². The number of benzene rings is 1. The van der Waals surface area contributed by atoms with Crippen LogP contribution in [-0.4, -0.2) is 33.8 Å². The van der Waals surface area contributed by atoms with Gasteiger partial charge in [0.05, 0.1) is 12.2 Å². The number of hydrogen-bond donors (Lipinski definition) is 2. The van der Waals surface area contributed by atoms with Crippen LogP contribution in [-0.2, 0) is 11.8 Å². The number of aliphatic hydroxyl groups excluding tert-OH is 1. The van der Waals surface area contributed by atoms with Gasteiger partial charge in [-0.05, 0) is 50.1 Å². The number of aromatic nitrogens is 1. The van der Waals surface area contributed by atoms with Crippen LogP contribution < -0.4 is 5.32 Å². The maximum absolute atomic E-state index is 13.5. The van der Waals surface area contributed by atoms with Crippen molar-refractivity contribution in [3.8, 4) is 0 Å². The quantitative estimate of drug-likeness (QED) is 0.392. The second-order valence-electron chi connectivity index (χ2n) is 7.86. The van der Waals surface area contributed by atoms with E-state index < -0.39 is 22.9 Å². The molecule has 0 fully saturated rings. The lowest BCUT2D eigenvalue weighted by Gasteiger charge is -2.21. The van der Waals surface area contributed by atoms with Crippen LogP contribution in [0.25, 0.3) is 0 Å². The van der Waals surface area contributed by atoms with E-state index in [0.29, 0.717) is 22.5 Å². The number of nitrogens with one attached hydrogen (secondary N) is 1. The van der Waals surface area contributed by atoms with Gasteiger partial charge in [-0.25, -0.2) is 4.39 Å². The molecule has 160 valence electrons. The van der Waals surface area contributed by atoms with Gasteiger partial charge >= 0.3 is 0 Å². The molecule has 1 atom stereocenters. The van der Waals surface area contributed by atoms with Crippen LogP contribution in [0.4, 0.5) is 10.1 Å². The van der Waals surface area contributed by atoms with Gasteiger partial charge in [0, 0.05) is 30.3 Å². The zero-order valence-corrected chi connectivity index (χ0v) is 17.9. The van der Waals surface area contributed by atoms with Crippen molar-refractivity contribution in [3.63, 3.8) is 0 Å². The summed E-state index contributed by atoms with van der Waals surface area (Å²) >= 11 is 0. The SMILES string of the molecule is C=C[C@](C)(CO)CC(=O)C(=O)c1c(C)c(C(=O)Nc2ccc(F)c(C)c2)n(C)c1C. The number of Topliss-reactive ketones (excluding diaryl/α,β-unsaturated/α-hetero) is 2. The van der Waals surface area contributed by atoms with Gasteiger partial charge in [-0.3, -0.25) is 14.4 Å². The Hall–Kier alpha value is -3.06. The molecule has 0 unspecified atom stereocenters. The molecule has 30 heavy (non-hydrogen) atoms. The zero-order valence-electron chi connectivity index (χ0n) is 17.9. The van der Waals surface area contributed by atoms with Crippen LogP contribution in [0, 0.1) is 32.0 Å². The molecule has 0 saturated heterocycles. The smallest absolute Gasteiger partial charge is 0.272 e. The van der Waals surface area contributed by atoms with Crippen molar-refractivity contribution in [1.82, 2.24) is 4.57 Å². The van der Waals surface area contributed by atoms with E-state index in [2.05, 4.69) is 11.9 Å². The highest BCUT2D eigenvalue weighted by molar-refractivity contribution is 6.44. The Morgan fingerprint density at radius 3 is 2.43 bits per heavy atom. The van der Waals surface area contributed by atoms with Crippen LogP contribution in [0.15, 0.2) is 30.9 Å². The summed E-state index contributed by atoms with van der Waals surface area (Å²) in [6.07, 6.45) is 1.27. The lowest BCUT2D eigenvalue weighted by Crippen LogP contribution is -2.27. The number of rotatable bonds is 8. The number of nitrogens with zero attached hydrogens (tertiary/aromatic N) is 1. The van der Waals surface area contributed by atoms with Gasteiger partial charge in [0.1, 0.15) is 11.5 Å². The standard InChI is InChI=1S/C23H27FN2O4/c1-7-23(5,12-27)11-18(28)21(29)19-14(3)20(26(6)15(19)4)22(30)25-16-8-9-17(24)13(2)10-16/h7-10,27H,1,11-12H2,2-6H3,(H,25,30)/t23-/m0/s1. The minimum absolute atomic E-state index is 0.173. The fraction of sp³-hybridized carbons (Fsp3) is 0.348. The largest absolute Gasteiger partial charge is 0.395 e. The van der Waals surface area contributed by atoms with E-state index in [1.165, 1.54) is 24.3 Å². The van der Waals surface area contributed by atoms with Gasteiger partial charge in [-0.15, -0.1) is 6.58 Å². The van der Waals surface area contributed by atoms with E-state index >= 15 is 0 Å². The summed E-state index contributed by atoms with van der Waals surface area (Å²) in [7, 11) is 1.63. The van der Waals surface area contributed by atoms with Crippen LogP contribution in [0.3, 0.4) is 0 Å². The Kier molecular flexibility index (Phi) is 6.77. The number of carbonyl (C=O) groups is 3. The molecule has 1 aromatic carbocycles. The van der Waals surface area contributed by atoms with Gasteiger partial charge in [-0.2, -0.15) is 0 Å². The van der Waals surface area contributed by atoms with Crippen LogP contribution in [0.2, 0.25) is 0 Å². The summed E-state index contributed by atoms with van der Waals surface area (Å²) in [5, 5.41) is 12.2. The molecule has 7 heteroatoms. The molecule has 2 aromatic rings. The maximum atomic E-state index is 13.5. The minimum atomic E-state index is -0.899. The van der Waals surface area contributed by atoms with Crippen LogP contribution in [0.1, 0.15) is 51.0 Å². The predicted octanol–water partition coefficient (Wildman–Crippen LogP) is 3.67. The van der Waals surface area contributed by atoms with E-state index in [4.69, 9.17) is 0 Å². The van der Waals surface area contributed by atoms with Gasteiger partial charge in [0.2, 0.25) is 11.6 Å². The lowest BCUT2D eigenvalue weighted by molar-refractivity contribution is -0.117. The molecule has 0 aliphatic carbocycles. The zero-order chi connectivity index (χ0) is 22.8. The number of aliphatic hydroxyl groups is 1. The molecule has 0 bridgehead atoms. The fourth-order valence-electron chi connectivity index (χ4n) is 3.33. The number of halogens is 1. The van der Waals surface area contributed by atoms with Crippen LogP contribution in [0.5, 0.6) is 0 Å². The molecule has 0 spiro atoms. The van der Waals surface area contributed by atoms with Crippen molar-refractivity contribution in [3.05, 3.63) is 64.7 Å². The summed E-state index contributed by atoms with van der Waals surface area (Å²) in [4.78, 5) is 38.3. The summed E-state index contributed by atoms with van der Waals surface area (Å²) in [5.41, 5.74) is 1.19. The minimum Gasteiger partial charge on any atom is -0.395 e. The second kappa shape index (κ2) is 8.75. The molecular weight excluding hydrogens is 387 g/mol. The first-order valence-corrected chi connectivity index (χ1v) is 9.51. The first-order valence-electron chi connectivity index (χ1n) is 9.51. The fourth-order valence-corrected chi connectivity index (χ4v) is 3.33. The van der Waals surface area contributed by atoms with E-state index in [1.807, 2.05) is 0 Å². The molecule has 1 heterocycles. The number of carbonyl (C=O) groups excluding carboxylic acids is 3. The van der Waals surface area contributed by atoms with E-state index in [9.17, 15) is 23.9 Å². The molecule has 6 nitrogen and oxygen atoms in total. The molecule has 1 amide bonds. The third-order valence-corrected chi connectivity index (χ3v) is 5.46. The average Bonchev–Trinajstić information content (AvgIpc) is 2.92. The number of anilines is 1. The van der Waals surface area contributed by atoms with E-state index in [1.54, 1.807) is 39.3 Å². The van der Waals surface area contributed by atoms with Gasteiger partial charge in [0.25, 0.3) is 5.91 Å². The number of amides is 1. The highest BCUT2D eigenvalue weighted by Gasteiger charge is 2.32. The third kappa shape index (κ3) is 4.41. The predicted molar refractivity (Wildman–Crippen MR) is 113 cm³/mol. The molecule has 0 aliphatic rings. The Morgan fingerprint density at radius 2 is 1.90 bits per heavy atom. The number of hydrogen-bond acceptors (Lipinski definition) is 4. The second-order valence-corrected chi connectivity index (χ2v) is 7.86. The van der Waals surface area contributed by atoms with E-state index in [0.717, 1.165) is 0 Å². The highest BCUT2D eigenvalue weighted by Crippen LogP contribution is 2.27. The average molecular weight is 414 g/mol. The van der Waals surface area contributed by atoms with Crippen molar-refractivity contribution >= 4 is 23.2 Å². The lowest BCUT2D eigenvalue weighted by atomic mass is 9.84. The first-order chi connectivity index (χ1) is 14.0. The van der Waals surface area contributed by atoms with Gasteiger partial charge in [-0.1, -0.05) is 13.0 Å². The first kappa shape index (κ1) is 23.2. The monoisotopic (exact) mass is 414 g/mol. The van der Waals surface area contributed by atoms with Crippen molar-refractivity contribution in [2.24, 2.45) is 12.5 Å². The Bertz CT molecular complexity index is 1040. The van der Waals surface area contributed by atoms with Crippen LogP contribution >= 0.6 is 0 Å². The summed E-state index contributed by atoms with van der Waals surface area (Å²) in [6, 6.07) is 4.23. The molecule has 1 aromatic heterocycles. The molecule has 0 saturated carbocycles. The number of ketones is 2. The van der Waals surface area contributed by atoms with Crippen molar-refractivity contribution in [1.29, 1.82) is 0 Å².